The number of aromatic amines is 1. The van der Waals surface area contributed by atoms with E-state index in [0.29, 0.717) is 11.2 Å². The Labute approximate surface area is 106 Å². The molecule has 3 rings (SSSR count). The normalized spacial score (nSPS) is 31.7. The molecular formula is C11H13N3O5. The SMILES string of the molecule is O=c1ccnc2c([C@@H]3OC[C@@H](O)[C@@H](O)[C@H]3O)c[nH]n12. The highest BCUT2D eigenvalue weighted by Crippen LogP contribution is 2.30. The lowest BCUT2D eigenvalue weighted by molar-refractivity contribution is -0.188. The number of hydrogen-bond acceptors (Lipinski definition) is 6. The van der Waals surface area contributed by atoms with Gasteiger partial charge in [0, 0.05) is 24.0 Å². The third-order valence-electron chi connectivity index (χ3n) is 3.26. The van der Waals surface area contributed by atoms with Crippen molar-refractivity contribution in [3.8, 4) is 0 Å². The third kappa shape index (κ3) is 1.85. The van der Waals surface area contributed by atoms with E-state index >= 15 is 0 Å². The van der Waals surface area contributed by atoms with Crippen LogP contribution in [0.1, 0.15) is 11.7 Å². The predicted octanol–water partition coefficient (Wildman–Crippen LogP) is -1.82. The minimum Gasteiger partial charge on any atom is -0.388 e. The molecule has 4 N–H and O–H groups in total. The molecule has 3 heterocycles. The van der Waals surface area contributed by atoms with Crippen LogP contribution in [0.25, 0.3) is 5.65 Å². The van der Waals surface area contributed by atoms with Gasteiger partial charge < -0.3 is 20.1 Å². The van der Waals surface area contributed by atoms with E-state index in [1.807, 2.05) is 0 Å². The Hall–Kier alpha value is -1.74. The zero-order valence-electron chi connectivity index (χ0n) is 9.80. The van der Waals surface area contributed by atoms with Crippen LogP contribution in [-0.4, -0.2) is 54.8 Å². The summed E-state index contributed by atoms with van der Waals surface area (Å²) < 4.78 is 6.54. The first-order valence-corrected chi connectivity index (χ1v) is 5.80. The van der Waals surface area contributed by atoms with Gasteiger partial charge in [-0.15, -0.1) is 0 Å². The first kappa shape index (κ1) is 12.3. The Morgan fingerprint density at radius 2 is 2.16 bits per heavy atom. The van der Waals surface area contributed by atoms with Crippen LogP contribution in [0.2, 0.25) is 0 Å². The van der Waals surface area contributed by atoms with Crippen molar-refractivity contribution in [1.29, 1.82) is 0 Å². The third-order valence-corrected chi connectivity index (χ3v) is 3.26. The smallest absolute Gasteiger partial charge is 0.272 e. The molecule has 8 heteroatoms. The maximum absolute atomic E-state index is 11.6. The van der Waals surface area contributed by atoms with E-state index in [1.165, 1.54) is 23.0 Å². The number of H-pyrrole nitrogens is 1. The highest BCUT2D eigenvalue weighted by Gasteiger charge is 2.39. The zero-order chi connectivity index (χ0) is 13.6. The maximum Gasteiger partial charge on any atom is 0.272 e. The van der Waals surface area contributed by atoms with Crippen molar-refractivity contribution in [3.63, 3.8) is 0 Å². The van der Waals surface area contributed by atoms with Gasteiger partial charge in [0.05, 0.1) is 6.61 Å². The van der Waals surface area contributed by atoms with E-state index in [-0.39, 0.29) is 12.2 Å². The first-order valence-electron chi connectivity index (χ1n) is 5.80. The minimum atomic E-state index is -1.30. The molecule has 0 radical (unpaired) electrons. The van der Waals surface area contributed by atoms with Crippen LogP contribution >= 0.6 is 0 Å². The fourth-order valence-corrected chi connectivity index (χ4v) is 2.22. The Morgan fingerprint density at radius 3 is 2.95 bits per heavy atom. The van der Waals surface area contributed by atoms with E-state index in [0.717, 1.165) is 0 Å². The average Bonchev–Trinajstić information content (AvgIpc) is 2.82. The van der Waals surface area contributed by atoms with Gasteiger partial charge in [0.25, 0.3) is 5.56 Å². The molecule has 4 atom stereocenters. The standard InChI is InChI=1S/C11H13N3O5/c15-6-4-19-10(9(18)8(6)17)5-3-13-14-7(16)1-2-12-11(5)14/h1-3,6,8-10,13,15,17-18H,4H2/t6-,8-,9-,10+/m1/s1. The summed E-state index contributed by atoms with van der Waals surface area (Å²) in [6, 6.07) is 1.30. The Balaban J connectivity index is 2.05. The highest BCUT2D eigenvalue weighted by molar-refractivity contribution is 5.47. The van der Waals surface area contributed by atoms with Gasteiger partial charge in [-0.05, 0) is 0 Å². The van der Waals surface area contributed by atoms with Crippen LogP contribution < -0.4 is 5.56 Å². The Bertz CT molecular complexity index is 651. The number of hydrogen-bond donors (Lipinski definition) is 4. The van der Waals surface area contributed by atoms with Crippen LogP contribution in [0.5, 0.6) is 0 Å². The molecule has 0 saturated carbocycles. The van der Waals surface area contributed by atoms with E-state index < -0.39 is 24.4 Å². The fourth-order valence-electron chi connectivity index (χ4n) is 2.22. The molecule has 0 spiro atoms. The highest BCUT2D eigenvalue weighted by atomic mass is 16.5. The van der Waals surface area contributed by atoms with Crippen molar-refractivity contribution in [2.75, 3.05) is 6.61 Å². The second-order valence-electron chi connectivity index (χ2n) is 4.47. The molecule has 19 heavy (non-hydrogen) atoms. The maximum atomic E-state index is 11.6. The van der Waals surface area contributed by atoms with Crippen molar-refractivity contribution in [2.24, 2.45) is 0 Å². The molecule has 102 valence electrons. The lowest BCUT2D eigenvalue weighted by Gasteiger charge is -2.34. The van der Waals surface area contributed by atoms with Crippen molar-refractivity contribution >= 4 is 5.65 Å². The van der Waals surface area contributed by atoms with Gasteiger partial charge in [-0.2, -0.15) is 0 Å². The van der Waals surface area contributed by atoms with Gasteiger partial charge in [0.15, 0.2) is 5.65 Å². The number of ether oxygens (including phenoxy) is 1. The summed E-state index contributed by atoms with van der Waals surface area (Å²) in [5.74, 6) is 0. The molecular weight excluding hydrogens is 254 g/mol. The number of rotatable bonds is 1. The molecule has 0 aliphatic carbocycles. The number of nitrogens with one attached hydrogen (secondary N) is 1. The monoisotopic (exact) mass is 267 g/mol. The van der Waals surface area contributed by atoms with Gasteiger partial charge in [0.2, 0.25) is 0 Å². The van der Waals surface area contributed by atoms with Crippen LogP contribution in [-0.2, 0) is 4.74 Å². The molecule has 1 saturated heterocycles. The quantitative estimate of drug-likeness (QED) is 0.483. The van der Waals surface area contributed by atoms with Crippen LogP contribution in [0.3, 0.4) is 0 Å². The average molecular weight is 267 g/mol. The summed E-state index contributed by atoms with van der Waals surface area (Å²) in [4.78, 5) is 15.6. The first-order chi connectivity index (χ1) is 9.09. The summed E-state index contributed by atoms with van der Waals surface area (Å²) in [5, 5.41) is 31.7. The Kier molecular flexibility index (Phi) is 2.86. The molecule has 0 bridgehead atoms. The van der Waals surface area contributed by atoms with Crippen molar-refractivity contribution < 1.29 is 20.1 Å². The Morgan fingerprint density at radius 1 is 1.37 bits per heavy atom. The summed E-state index contributed by atoms with van der Waals surface area (Å²) in [6.07, 6.45) is -1.73. The van der Waals surface area contributed by atoms with Gasteiger partial charge >= 0.3 is 0 Å². The summed E-state index contributed by atoms with van der Waals surface area (Å²) in [5.41, 5.74) is 0.485. The number of aromatic nitrogens is 3. The summed E-state index contributed by atoms with van der Waals surface area (Å²) in [6.45, 7) is -0.0999. The number of nitrogens with zero attached hydrogens (tertiary/aromatic N) is 2. The number of aliphatic hydroxyl groups is 3. The van der Waals surface area contributed by atoms with E-state index in [1.54, 1.807) is 0 Å². The molecule has 0 amide bonds. The molecule has 2 aromatic rings. The second-order valence-corrected chi connectivity index (χ2v) is 4.47. The molecule has 1 fully saturated rings. The minimum absolute atomic E-state index is 0.0999. The van der Waals surface area contributed by atoms with Gasteiger partial charge in [-0.3, -0.25) is 9.89 Å². The zero-order valence-corrected chi connectivity index (χ0v) is 9.80. The van der Waals surface area contributed by atoms with Crippen molar-refractivity contribution in [1.82, 2.24) is 14.6 Å². The van der Waals surface area contributed by atoms with Gasteiger partial charge in [-0.25, -0.2) is 9.50 Å². The molecule has 1 aliphatic heterocycles. The molecule has 1 aliphatic rings. The predicted molar refractivity (Wildman–Crippen MR) is 62.5 cm³/mol. The number of fused-ring (bicyclic) bond motifs is 1. The molecule has 0 aromatic carbocycles. The van der Waals surface area contributed by atoms with E-state index in [2.05, 4.69) is 10.1 Å². The van der Waals surface area contributed by atoms with Crippen LogP contribution in [0.4, 0.5) is 0 Å². The number of aliphatic hydroxyl groups excluding tert-OH is 3. The molecule has 2 aromatic heterocycles. The topological polar surface area (TPSA) is 120 Å². The summed E-state index contributed by atoms with van der Waals surface area (Å²) in [7, 11) is 0. The van der Waals surface area contributed by atoms with E-state index in [9.17, 15) is 20.1 Å². The molecule has 8 nitrogen and oxygen atoms in total. The fraction of sp³-hybridized carbons (Fsp3) is 0.455. The summed E-state index contributed by atoms with van der Waals surface area (Å²) >= 11 is 0. The lowest BCUT2D eigenvalue weighted by Crippen LogP contribution is -2.49. The largest absolute Gasteiger partial charge is 0.388 e. The van der Waals surface area contributed by atoms with Crippen LogP contribution in [0, 0.1) is 0 Å². The van der Waals surface area contributed by atoms with Gasteiger partial charge in [0.1, 0.15) is 24.4 Å². The van der Waals surface area contributed by atoms with Gasteiger partial charge in [-0.1, -0.05) is 0 Å². The van der Waals surface area contributed by atoms with Crippen molar-refractivity contribution in [2.45, 2.75) is 24.4 Å². The molecule has 0 unspecified atom stereocenters. The second kappa shape index (κ2) is 4.42. The van der Waals surface area contributed by atoms with Crippen molar-refractivity contribution in [3.05, 3.63) is 34.4 Å². The van der Waals surface area contributed by atoms with E-state index in [4.69, 9.17) is 4.74 Å². The lowest BCUT2D eigenvalue weighted by atomic mass is 9.96. The van der Waals surface area contributed by atoms with Crippen LogP contribution in [0.15, 0.2) is 23.3 Å².